The number of rotatable bonds is 4. The Morgan fingerprint density at radius 3 is 3.00 bits per heavy atom. The summed E-state index contributed by atoms with van der Waals surface area (Å²) >= 11 is 1.46. The minimum atomic E-state index is -0.233. The van der Waals surface area contributed by atoms with Gasteiger partial charge in [0.2, 0.25) is 5.95 Å². The maximum atomic E-state index is 12.7. The van der Waals surface area contributed by atoms with Crippen molar-refractivity contribution in [1.29, 1.82) is 0 Å². The van der Waals surface area contributed by atoms with Crippen LogP contribution in [0.4, 0.5) is 5.95 Å². The molecule has 1 fully saturated rings. The fraction of sp³-hybridized carbons (Fsp3) is 0.500. The lowest BCUT2D eigenvalue weighted by Crippen LogP contribution is -2.42. The van der Waals surface area contributed by atoms with Crippen LogP contribution < -0.4 is 4.90 Å². The summed E-state index contributed by atoms with van der Waals surface area (Å²) < 4.78 is 5.83. The maximum Gasteiger partial charge on any atom is 0.265 e. The van der Waals surface area contributed by atoms with Crippen LogP contribution in [0, 0.1) is 0 Å². The minimum Gasteiger partial charge on any atom is -0.368 e. The van der Waals surface area contributed by atoms with Gasteiger partial charge in [-0.3, -0.25) is 4.79 Å². The van der Waals surface area contributed by atoms with Gasteiger partial charge < -0.3 is 14.5 Å². The molecule has 0 saturated carbocycles. The normalized spacial score (nSPS) is 17.8. The third-order valence-corrected chi connectivity index (χ3v) is 4.94. The second-order valence-electron chi connectivity index (χ2n) is 5.76. The smallest absolute Gasteiger partial charge is 0.265 e. The Balaban J connectivity index is 1.74. The number of nitrogens with zero attached hydrogens (tertiary/aromatic N) is 5. The molecule has 3 heterocycles. The average Bonchev–Trinajstić information content (AvgIpc) is 3.10. The van der Waals surface area contributed by atoms with E-state index in [1.54, 1.807) is 12.4 Å². The summed E-state index contributed by atoms with van der Waals surface area (Å²) in [5.41, 5.74) is 0.796. The third-order valence-electron chi connectivity index (χ3n) is 3.81. The summed E-state index contributed by atoms with van der Waals surface area (Å²) in [4.78, 5) is 30.0. The molecule has 2 aromatic heterocycles. The number of amides is 1. The van der Waals surface area contributed by atoms with Crippen LogP contribution in [0.5, 0.6) is 0 Å². The first-order valence-electron chi connectivity index (χ1n) is 7.94. The minimum absolute atomic E-state index is 0.0161. The van der Waals surface area contributed by atoms with Crippen molar-refractivity contribution in [3.05, 3.63) is 34.0 Å². The highest BCUT2D eigenvalue weighted by molar-refractivity contribution is 7.13. The van der Waals surface area contributed by atoms with Crippen LogP contribution in [0.15, 0.2) is 18.5 Å². The number of ether oxygens (including phenoxy) is 1. The van der Waals surface area contributed by atoms with Gasteiger partial charge in [-0.15, -0.1) is 11.3 Å². The Hall–Kier alpha value is -2.06. The first kappa shape index (κ1) is 16.8. The van der Waals surface area contributed by atoms with Gasteiger partial charge >= 0.3 is 0 Å². The van der Waals surface area contributed by atoms with Gasteiger partial charge in [0, 0.05) is 26.8 Å². The summed E-state index contributed by atoms with van der Waals surface area (Å²) in [6, 6.07) is 1.84. The average molecular weight is 347 g/mol. The topological polar surface area (TPSA) is 71.5 Å². The van der Waals surface area contributed by atoms with E-state index < -0.39 is 0 Å². The van der Waals surface area contributed by atoms with Crippen LogP contribution in [0.2, 0.25) is 0 Å². The molecular weight excluding hydrogens is 326 g/mol. The fourth-order valence-corrected chi connectivity index (χ4v) is 3.32. The van der Waals surface area contributed by atoms with E-state index in [-0.39, 0.29) is 12.0 Å². The second kappa shape index (κ2) is 7.23. The number of morpholine rings is 1. The predicted molar refractivity (Wildman–Crippen MR) is 92.4 cm³/mol. The van der Waals surface area contributed by atoms with Crippen molar-refractivity contribution in [1.82, 2.24) is 19.9 Å². The molecule has 0 bridgehead atoms. The Labute approximate surface area is 145 Å². The molecule has 7 nitrogen and oxygen atoms in total. The van der Waals surface area contributed by atoms with E-state index >= 15 is 0 Å². The van der Waals surface area contributed by atoms with E-state index in [0.29, 0.717) is 30.5 Å². The van der Waals surface area contributed by atoms with Crippen LogP contribution in [0.3, 0.4) is 0 Å². The molecule has 0 spiro atoms. The lowest BCUT2D eigenvalue weighted by Gasteiger charge is -2.32. The van der Waals surface area contributed by atoms with Crippen molar-refractivity contribution in [2.24, 2.45) is 0 Å². The Bertz CT molecular complexity index is 718. The van der Waals surface area contributed by atoms with E-state index in [0.717, 1.165) is 17.1 Å². The monoisotopic (exact) mass is 347 g/mol. The molecular formula is C16H21N5O2S. The Morgan fingerprint density at radius 1 is 1.46 bits per heavy atom. The zero-order valence-corrected chi connectivity index (χ0v) is 14.9. The number of anilines is 1. The highest BCUT2D eigenvalue weighted by Gasteiger charge is 2.28. The van der Waals surface area contributed by atoms with Gasteiger partial charge in [-0.2, -0.15) is 0 Å². The lowest BCUT2D eigenvalue weighted by molar-refractivity contribution is -0.0245. The molecule has 8 heteroatoms. The van der Waals surface area contributed by atoms with E-state index in [1.165, 1.54) is 11.3 Å². The van der Waals surface area contributed by atoms with E-state index in [9.17, 15) is 4.79 Å². The quantitative estimate of drug-likeness (QED) is 0.839. The summed E-state index contributed by atoms with van der Waals surface area (Å²) in [6.07, 6.45) is 4.00. The second-order valence-corrected chi connectivity index (χ2v) is 6.87. The van der Waals surface area contributed by atoms with Crippen LogP contribution in [0.1, 0.15) is 33.4 Å². The molecule has 0 radical (unpaired) electrons. The van der Waals surface area contributed by atoms with Crippen LogP contribution >= 0.6 is 11.3 Å². The molecule has 0 aliphatic carbocycles. The van der Waals surface area contributed by atoms with Crippen molar-refractivity contribution in [3.63, 3.8) is 0 Å². The number of aromatic nitrogens is 3. The molecule has 3 rings (SSSR count). The van der Waals surface area contributed by atoms with Gasteiger partial charge in [0.1, 0.15) is 11.0 Å². The van der Waals surface area contributed by atoms with Crippen LogP contribution in [-0.4, -0.2) is 59.6 Å². The summed E-state index contributed by atoms with van der Waals surface area (Å²) in [5.74, 6) is 0.650. The van der Waals surface area contributed by atoms with Crippen LogP contribution in [0.25, 0.3) is 0 Å². The zero-order chi connectivity index (χ0) is 17.1. The molecule has 1 saturated heterocycles. The molecule has 1 aliphatic heterocycles. The zero-order valence-electron chi connectivity index (χ0n) is 14.1. The summed E-state index contributed by atoms with van der Waals surface area (Å²) in [7, 11) is 3.79. The first-order valence-corrected chi connectivity index (χ1v) is 8.76. The SMILES string of the molecule is CCc1ncc(C(=O)N2CCO[C@H](c3ccnc(N(C)C)n3)C2)s1. The number of thiazole rings is 1. The number of hydrogen-bond acceptors (Lipinski definition) is 7. The number of carbonyl (C=O) groups excluding carboxylic acids is 1. The molecule has 1 aliphatic rings. The van der Waals surface area contributed by atoms with Crippen molar-refractivity contribution < 1.29 is 9.53 Å². The van der Waals surface area contributed by atoms with Crippen molar-refractivity contribution in [2.45, 2.75) is 19.4 Å². The standard InChI is InChI=1S/C16H21N5O2S/c1-4-14-18-9-13(24-14)15(22)21-7-8-23-12(10-21)11-5-6-17-16(19-11)20(2)3/h5-6,9,12H,4,7-8,10H2,1-3H3/t12-/m0/s1. The number of hydrogen-bond donors (Lipinski definition) is 0. The molecule has 0 N–H and O–H groups in total. The van der Waals surface area contributed by atoms with Gasteiger partial charge in [0.15, 0.2) is 0 Å². The van der Waals surface area contributed by atoms with E-state index in [2.05, 4.69) is 15.0 Å². The van der Waals surface area contributed by atoms with Crippen molar-refractivity contribution >= 4 is 23.2 Å². The van der Waals surface area contributed by atoms with E-state index in [4.69, 9.17) is 4.74 Å². The van der Waals surface area contributed by atoms with Crippen molar-refractivity contribution in [2.75, 3.05) is 38.7 Å². The molecule has 1 atom stereocenters. The molecule has 0 aromatic carbocycles. The highest BCUT2D eigenvalue weighted by atomic mass is 32.1. The molecule has 128 valence electrons. The van der Waals surface area contributed by atoms with Crippen LogP contribution in [-0.2, 0) is 11.2 Å². The molecule has 1 amide bonds. The largest absolute Gasteiger partial charge is 0.368 e. The Morgan fingerprint density at radius 2 is 2.29 bits per heavy atom. The first-order chi connectivity index (χ1) is 11.6. The predicted octanol–water partition coefficient (Wildman–Crippen LogP) is 1.78. The highest BCUT2D eigenvalue weighted by Crippen LogP contribution is 2.24. The molecule has 24 heavy (non-hydrogen) atoms. The van der Waals surface area contributed by atoms with Gasteiger partial charge in [-0.25, -0.2) is 15.0 Å². The summed E-state index contributed by atoms with van der Waals surface area (Å²) in [6.45, 7) is 3.61. The van der Waals surface area contributed by atoms with Gasteiger partial charge in [0.25, 0.3) is 5.91 Å². The van der Waals surface area contributed by atoms with E-state index in [1.807, 2.05) is 36.9 Å². The maximum absolute atomic E-state index is 12.7. The van der Waals surface area contributed by atoms with Crippen molar-refractivity contribution in [3.8, 4) is 0 Å². The summed E-state index contributed by atoms with van der Waals surface area (Å²) in [5, 5.41) is 0.981. The third kappa shape index (κ3) is 3.54. The van der Waals surface area contributed by atoms with Gasteiger partial charge in [-0.1, -0.05) is 6.92 Å². The molecule has 2 aromatic rings. The van der Waals surface area contributed by atoms with Gasteiger partial charge in [0.05, 0.1) is 30.1 Å². The number of carbonyl (C=O) groups is 1. The number of aryl methyl sites for hydroxylation is 1. The van der Waals surface area contributed by atoms with Gasteiger partial charge in [-0.05, 0) is 12.5 Å². The lowest BCUT2D eigenvalue weighted by atomic mass is 10.2. The Kier molecular flexibility index (Phi) is 5.06. The fourth-order valence-electron chi connectivity index (χ4n) is 2.50. The molecule has 0 unspecified atom stereocenters.